The van der Waals surface area contributed by atoms with Crippen molar-refractivity contribution in [3.8, 4) is 0 Å². The second-order valence-corrected chi connectivity index (χ2v) is 12.4. The summed E-state index contributed by atoms with van der Waals surface area (Å²) in [6.07, 6.45) is 0.996. The van der Waals surface area contributed by atoms with E-state index in [4.69, 9.17) is 23.2 Å². The minimum atomic E-state index is -0.672. The van der Waals surface area contributed by atoms with Crippen LogP contribution in [0, 0.1) is 0 Å². The Morgan fingerprint density at radius 3 is 2.33 bits per heavy atom. The minimum absolute atomic E-state index is 0.0546. The van der Waals surface area contributed by atoms with Crippen LogP contribution in [0.1, 0.15) is 28.3 Å². The third kappa shape index (κ3) is 7.71. The zero-order chi connectivity index (χ0) is 29.6. The molecule has 222 valence electrons. The lowest BCUT2D eigenvalue weighted by Crippen LogP contribution is -2.58. The molecule has 2 aliphatic heterocycles. The first-order chi connectivity index (χ1) is 20.3. The van der Waals surface area contributed by atoms with Gasteiger partial charge in [-0.15, -0.1) is 0 Å². The van der Waals surface area contributed by atoms with Crippen LogP contribution in [-0.2, 0) is 29.0 Å². The maximum atomic E-state index is 14.0. The van der Waals surface area contributed by atoms with Crippen molar-refractivity contribution in [1.82, 2.24) is 25.3 Å². The van der Waals surface area contributed by atoms with Gasteiger partial charge < -0.3 is 20.4 Å². The molecule has 1 saturated heterocycles. The predicted molar refractivity (Wildman–Crippen MR) is 169 cm³/mol. The molecule has 2 heterocycles. The van der Waals surface area contributed by atoms with Crippen molar-refractivity contribution in [2.45, 2.75) is 37.5 Å². The van der Waals surface area contributed by atoms with Gasteiger partial charge in [-0.2, -0.15) is 0 Å². The second kappa shape index (κ2) is 14.0. The Kier molecular flexibility index (Phi) is 10.2. The van der Waals surface area contributed by atoms with E-state index in [1.807, 2.05) is 59.5 Å². The van der Waals surface area contributed by atoms with Gasteiger partial charge >= 0.3 is 0 Å². The first-order valence-corrected chi connectivity index (χ1v) is 15.3. The van der Waals surface area contributed by atoms with E-state index in [0.29, 0.717) is 37.5 Å². The zero-order valence-electron chi connectivity index (χ0n) is 24.2. The Hall–Kier alpha value is -2.94. The standard InChI is InChI=1S/C33H39Cl2N5O2/c1-38(2)22-31(25-8-5-9-28(35)19-25)39-14-16-40(17-15-39)33(42)30(18-23-10-12-27(34)13-11-23)37-32(41)29-20-24-6-3-4-7-26(24)21-36-29/h3-13,19,29-31,36H,14-18,20-22H2,1-2H3,(H,37,41)/t29?,30-,31?/m1/s1. The first-order valence-electron chi connectivity index (χ1n) is 14.5. The number of benzene rings is 3. The SMILES string of the molecule is CN(C)CC(c1cccc(Cl)c1)N1CCN(C(=O)[C@@H](Cc2ccc(Cl)cc2)NC(=O)C2Cc3ccccc3CN2)CC1. The van der Waals surface area contributed by atoms with Gasteiger partial charge in [0.05, 0.1) is 6.04 Å². The summed E-state index contributed by atoms with van der Waals surface area (Å²) < 4.78 is 0. The normalized spacial score (nSPS) is 18.8. The van der Waals surface area contributed by atoms with Crippen LogP contribution < -0.4 is 10.6 Å². The Balaban J connectivity index is 1.28. The maximum absolute atomic E-state index is 14.0. The number of rotatable bonds is 9. The average molecular weight is 609 g/mol. The number of amides is 2. The zero-order valence-corrected chi connectivity index (χ0v) is 25.7. The summed E-state index contributed by atoms with van der Waals surface area (Å²) in [6.45, 7) is 4.13. The first kappa shape index (κ1) is 30.5. The minimum Gasteiger partial charge on any atom is -0.343 e. The molecule has 3 atom stereocenters. The number of piperazine rings is 1. The number of nitrogens with zero attached hydrogens (tertiary/aromatic N) is 3. The number of likely N-dealkylation sites (N-methyl/N-ethyl adjacent to an activating group) is 1. The van der Waals surface area contributed by atoms with Gasteiger partial charge in [0.15, 0.2) is 0 Å². The quantitative estimate of drug-likeness (QED) is 0.382. The largest absolute Gasteiger partial charge is 0.343 e. The number of carbonyl (C=O) groups excluding carboxylic acids is 2. The fraction of sp³-hybridized carbons (Fsp3) is 0.394. The summed E-state index contributed by atoms with van der Waals surface area (Å²) in [6, 6.07) is 22.8. The molecule has 0 saturated carbocycles. The van der Waals surface area contributed by atoms with Gasteiger partial charge in [0.2, 0.25) is 11.8 Å². The molecule has 9 heteroatoms. The van der Waals surface area contributed by atoms with Gasteiger partial charge in [-0.3, -0.25) is 14.5 Å². The topological polar surface area (TPSA) is 67.9 Å². The summed E-state index contributed by atoms with van der Waals surface area (Å²) in [5, 5.41) is 7.82. The van der Waals surface area contributed by atoms with Gasteiger partial charge in [-0.1, -0.05) is 71.7 Å². The fourth-order valence-corrected chi connectivity index (χ4v) is 6.26. The van der Waals surface area contributed by atoms with Crippen LogP contribution in [-0.4, -0.2) is 85.4 Å². The third-order valence-electron chi connectivity index (χ3n) is 8.20. The van der Waals surface area contributed by atoms with Crippen molar-refractivity contribution >= 4 is 35.0 Å². The van der Waals surface area contributed by atoms with Crippen LogP contribution >= 0.6 is 23.2 Å². The number of carbonyl (C=O) groups is 2. The van der Waals surface area contributed by atoms with E-state index < -0.39 is 6.04 Å². The van der Waals surface area contributed by atoms with E-state index in [1.165, 1.54) is 16.7 Å². The van der Waals surface area contributed by atoms with Crippen LogP contribution in [0.25, 0.3) is 0 Å². The molecule has 3 aromatic carbocycles. The molecule has 3 aromatic rings. The third-order valence-corrected chi connectivity index (χ3v) is 8.69. The molecular weight excluding hydrogens is 569 g/mol. The highest BCUT2D eigenvalue weighted by Crippen LogP contribution is 2.26. The van der Waals surface area contributed by atoms with Crippen LogP contribution in [0.4, 0.5) is 0 Å². The van der Waals surface area contributed by atoms with E-state index >= 15 is 0 Å². The molecular formula is C33H39Cl2N5O2. The Labute approximate surface area is 258 Å². The molecule has 5 rings (SSSR count). The molecule has 0 radical (unpaired) electrons. The lowest BCUT2D eigenvalue weighted by molar-refractivity contribution is -0.138. The molecule has 2 aliphatic rings. The van der Waals surface area contributed by atoms with Crippen molar-refractivity contribution in [2.75, 3.05) is 46.8 Å². The molecule has 0 spiro atoms. The van der Waals surface area contributed by atoms with E-state index in [9.17, 15) is 9.59 Å². The summed E-state index contributed by atoms with van der Waals surface area (Å²) in [5.41, 5.74) is 4.50. The van der Waals surface area contributed by atoms with Crippen molar-refractivity contribution in [2.24, 2.45) is 0 Å². The number of halogens is 2. The highest BCUT2D eigenvalue weighted by atomic mass is 35.5. The smallest absolute Gasteiger partial charge is 0.245 e. The van der Waals surface area contributed by atoms with Crippen molar-refractivity contribution < 1.29 is 9.59 Å². The number of nitrogens with one attached hydrogen (secondary N) is 2. The molecule has 2 amide bonds. The average Bonchev–Trinajstić information content (AvgIpc) is 3.00. The molecule has 0 bridgehead atoms. The fourth-order valence-electron chi connectivity index (χ4n) is 5.93. The van der Waals surface area contributed by atoms with Crippen molar-refractivity contribution in [1.29, 1.82) is 0 Å². The van der Waals surface area contributed by atoms with E-state index in [2.05, 4.69) is 52.7 Å². The van der Waals surface area contributed by atoms with Crippen LogP contribution in [0.3, 0.4) is 0 Å². The van der Waals surface area contributed by atoms with Crippen LogP contribution in [0.5, 0.6) is 0 Å². The van der Waals surface area contributed by atoms with Gasteiger partial charge in [0, 0.05) is 61.8 Å². The lowest BCUT2D eigenvalue weighted by Gasteiger charge is -2.41. The van der Waals surface area contributed by atoms with Crippen molar-refractivity contribution in [3.05, 3.63) is 105 Å². The molecule has 0 aliphatic carbocycles. The van der Waals surface area contributed by atoms with Crippen LogP contribution in [0.2, 0.25) is 10.0 Å². The second-order valence-electron chi connectivity index (χ2n) is 11.5. The highest BCUT2D eigenvalue weighted by molar-refractivity contribution is 6.30. The van der Waals surface area contributed by atoms with E-state index in [-0.39, 0.29) is 23.9 Å². The molecule has 42 heavy (non-hydrogen) atoms. The lowest BCUT2D eigenvalue weighted by atomic mass is 9.95. The molecule has 7 nitrogen and oxygen atoms in total. The van der Waals surface area contributed by atoms with Gasteiger partial charge in [0.1, 0.15) is 6.04 Å². The summed E-state index contributed by atoms with van der Waals surface area (Å²) in [7, 11) is 4.14. The van der Waals surface area contributed by atoms with Crippen molar-refractivity contribution in [3.63, 3.8) is 0 Å². The Bertz CT molecular complexity index is 1370. The summed E-state index contributed by atoms with van der Waals surface area (Å²) >= 11 is 12.4. The van der Waals surface area contributed by atoms with E-state index in [0.717, 1.165) is 30.2 Å². The molecule has 2 N–H and O–H groups in total. The number of hydrogen-bond donors (Lipinski definition) is 2. The summed E-state index contributed by atoms with van der Waals surface area (Å²) in [5.74, 6) is -0.205. The van der Waals surface area contributed by atoms with Gasteiger partial charge in [0.25, 0.3) is 0 Å². The summed E-state index contributed by atoms with van der Waals surface area (Å²) in [4.78, 5) is 34.0. The maximum Gasteiger partial charge on any atom is 0.245 e. The number of fused-ring (bicyclic) bond motifs is 1. The predicted octanol–water partition coefficient (Wildman–Crippen LogP) is 4.18. The molecule has 0 aromatic heterocycles. The van der Waals surface area contributed by atoms with Gasteiger partial charge in [-0.25, -0.2) is 0 Å². The van der Waals surface area contributed by atoms with Crippen LogP contribution in [0.15, 0.2) is 72.8 Å². The number of hydrogen-bond acceptors (Lipinski definition) is 5. The monoisotopic (exact) mass is 607 g/mol. The van der Waals surface area contributed by atoms with Gasteiger partial charge in [-0.05, 0) is 67.0 Å². The molecule has 2 unspecified atom stereocenters. The van der Waals surface area contributed by atoms with E-state index in [1.54, 1.807) is 0 Å². The Morgan fingerprint density at radius 1 is 0.929 bits per heavy atom. The highest BCUT2D eigenvalue weighted by Gasteiger charge is 2.33. The molecule has 1 fully saturated rings. The Morgan fingerprint density at radius 2 is 1.64 bits per heavy atom.